The Hall–Kier alpha value is -0.910. The zero-order valence-corrected chi connectivity index (χ0v) is 12.7. The van der Waals surface area contributed by atoms with Gasteiger partial charge in [-0.25, -0.2) is 8.42 Å². The molecule has 0 amide bonds. The lowest BCUT2D eigenvalue weighted by Crippen LogP contribution is -2.46. The Bertz CT molecular complexity index is 568. The van der Waals surface area contributed by atoms with Crippen molar-refractivity contribution in [3.63, 3.8) is 0 Å². The molecule has 1 aromatic carbocycles. The van der Waals surface area contributed by atoms with Crippen LogP contribution in [0.2, 0.25) is 0 Å². The second-order valence-electron chi connectivity index (χ2n) is 5.76. The van der Waals surface area contributed by atoms with Gasteiger partial charge in [-0.15, -0.1) is 0 Å². The summed E-state index contributed by atoms with van der Waals surface area (Å²) in [4.78, 5) is 0.430. The van der Waals surface area contributed by atoms with Crippen LogP contribution in [0.15, 0.2) is 29.2 Å². The molecule has 2 saturated heterocycles. The fourth-order valence-electron chi connectivity index (χ4n) is 3.28. The maximum absolute atomic E-state index is 12.7. The molecule has 5 heteroatoms. The van der Waals surface area contributed by atoms with E-state index in [1.54, 1.807) is 16.4 Å². The normalized spacial score (nSPS) is 27.4. The topological polar surface area (TPSA) is 49.4 Å². The van der Waals surface area contributed by atoms with Crippen molar-refractivity contribution in [3.8, 4) is 0 Å². The molecule has 2 atom stereocenters. The van der Waals surface area contributed by atoms with Gasteiger partial charge in [0, 0.05) is 19.1 Å². The van der Waals surface area contributed by atoms with Crippen molar-refractivity contribution in [1.29, 1.82) is 0 Å². The third kappa shape index (κ3) is 2.50. The maximum atomic E-state index is 12.7. The number of sulfonamides is 1. The molecule has 2 aliphatic rings. The van der Waals surface area contributed by atoms with Gasteiger partial charge in [0.25, 0.3) is 0 Å². The van der Waals surface area contributed by atoms with Crippen molar-refractivity contribution in [2.24, 2.45) is 5.92 Å². The molecule has 0 saturated carbocycles. The number of nitrogens with one attached hydrogen (secondary N) is 1. The Morgan fingerprint density at radius 2 is 2.00 bits per heavy atom. The van der Waals surface area contributed by atoms with Crippen molar-refractivity contribution < 1.29 is 8.42 Å². The van der Waals surface area contributed by atoms with E-state index in [0.29, 0.717) is 29.9 Å². The molecule has 0 spiro atoms. The van der Waals surface area contributed by atoms with Crippen LogP contribution in [-0.2, 0) is 16.4 Å². The van der Waals surface area contributed by atoms with E-state index in [2.05, 4.69) is 12.2 Å². The van der Waals surface area contributed by atoms with Crippen LogP contribution >= 0.6 is 0 Å². The minimum atomic E-state index is -3.32. The number of piperidine rings is 1. The number of nitrogens with zero attached hydrogens (tertiary/aromatic N) is 1. The highest BCUT2D eigenvalue weighted by Crippen LogP contribution is 2.28. The minimum absolute atomic E-state index is 0.430. The molecule has 2 heterocycles. The lowest BCUT2D eigenvalue weighted by molar-refractivity contribution is 0.247. The lowest BCUT2D eigenvalue weighted by atomic mass is 9.95. The van der Waals surface area contributed by atoms with E-state index in [0.717, 1.165) is 25.8 Å². The van der Waals surface area contributed by atoms with Crippen molar-refractivity contribution in [2.45, 2.75) is 37.1 Å². The summed E-state index contributed by atoms with van der Waals surface area (Å²) in [6.45, 7) is 4.39. The Morgan fingerprint density at radius 1 is 1.25 bits per heavy atom. The van der Waals surface area contributed by atoms with E-state index in [4.69, 9.17) is 0 Å². The summed E-state index contributed by atoms with van der Waals surface area (Å²) >= 11 is 0. The molecule has 2 aliphatic heterocycles. The van der Waals surface area contributed by atoms with Gasteiger partial charge in [-0.3, -0.25) is 0 Å². The average molecular weight is 294 g/mol. The molecule has 2 unspecified atom stereocenters. The van der Waals surface area contributed by atoms with Gasteiger partial charge in [-0.2, -0.15) is 4.31 Å². The van der Waals surface area contributed by atoms with Crippen molar-refractivity contribution in [1.82, 2.24) is 9.62 Å². The first-order chi connectivity index (χ1) is 9.61. The summed E-state index contributed by atoms with van der Waals surface area (Å²) in [6.07, 6.45) is 2.95. The fourth-order valence-corrected chi connectivity index (χ4v) is 4.79. The van der Waals surface area contributed by atoms with Gasteiger partial charge in [0.1, 0.15) is 0 Å². The average Bonchev–Trinajstić information content (AvgIpc) is 2.94. The summed E-state index contributed by atoms with van der Waals surface area (Å²) in [5.41, 5.74) is 1.17. The van der Waals surface area contributed by atoms with Crippen LogP contribution in [0.5, 0.6) is 0 Å². The Labute approximate surface area is 121 Å². The van der Waals surface area contributed by atoms with E-state index < -0.39 is 10.0 Å². The van der Waals surface area contributed by atoms with Gasteiger partial charge >= 0.3 is 0 Å². The third-order valence-corrected chi connectivity index (χ3v) is 6.47. The number of aryl methyl sites for hydroxylation is 1. The standard InChI is InChI=1S/C15H22N2O2S/c1-2-12-3-5-14(6-4-12)20(18,19)17-10-8-15-13(11-17)7-9-16-15/h3-6,13,15-16H,2,7-11H2,1H3. The van der Waals surface area contributed by atoms with E-state index >= 15 is 0 Å². The van der Waals surface area contributed by atoms with Gasteiger partial charge < -0.3 is 5.32 Å². The molecule has 20 heavy (non-hydrogen) atoms. The van der Waals surface area contributed by atoms with Crippen LogP contribution in [0, 0.1) is 5.92 Å². The van der Waals surface area contributed by atoms with Gasteiger partial charge in [0.2, 0.25) is 10.0 Å². The number of hydrogen-bond acceptors (Lipinski definition) is 3. The summed E-state index contributed by atoms with van der Waals surface area (Å²) in [6, 6.07) is 7.83. The molecule has 0 radical (unpaired) electrons. The fraction of sp³-hybridized carbons (Fsp3) is 0.600. The van der Waals surface area contributed by atoms with E-state index in [-0.39, 0.29) is 0 Å². The molecular weight excluding hydrogens is 272 g/mol. The van der Waals surface area contributed by atoms with Crippen LogP contribution < -0.4 is 5.32 Å². The van der Waals surface area contributed by atoms with E-state index in [9.17, 15) is 8.42 Å². The second-order valence-corrected chi connectivity index (χ2v) is 7.70. The minimum Gasteiger partial charge on any atom is -0.314 e. The first-order valence-electron chi connectivity index (χ1n) is 7.43. The third-order valence-electron chi connectivity index (χ3n) is 4.59. The Morgan fingerprint density at radius 3 is 2.70 bits per heavy atom. The highest BCUT2D eigenvalue weighted by Gasteiger charge is 2.37. The summed E-state index contributed by atoms with van der Waals surface area (Å²) in [5, 5.41) is 3.46. The zero-order chi connectivity index (χ0) is 14.2. The smallest absolute Gasteiger partial charge is 0.243 e. The van der Waals surface area contributed by atoms with Crippen LogP contribution in [0.25, 0.3) is 0 Å². The summed E-state index contributed by atoms with van der Waals surface area (Å²) in [7, 11) is -3.32. The van der Waals surface area contributed by atoms with Gasteiger partial charge in [-0.1, -0.05) is 19.1 Å². The van der Waals surface area contributed by atoms with Crippen molar-refractivity contribution in [2.75, 3.05) is 19.6 Å². The summed E-state index contributed by atoms with van der Waals surface area (Å²) < 4.78 is 27.0. The van der Waals surface area contributed by atoms with Crippen LogP contribution in [0.4, 0.5) is 0 Å². The quantitative estimate of drug-likeness (QED) is 0.921. The van der Waals surface area contributed by atoms with E-state index in [1.165, 1.54) is 5.56 Å². The van der Waals surface area contributed by atoms with Gasteiger partial charge in [0.15, 0.2) is 0 Å². The predicted octanol–water partition coefficient (Wildman–Crippen LogP) is 1.62. The molecule has 2 fully saturated rings. The van der Waals surface area contributed by atoms with Crippen LogP contribution in [0.3, 0.4) is 0 Å². The first-order valence-corrected chi connectivity index (χ1v) is 8.87. The lowest BCUT2D eigenvalue weighted by Gasteiger charge is -2.34. The monoisotopic (exact) mass is 294 g/mol. The SMILES string of the molecule is CCc1ccc(S(=O)(=O)N2CCC3NCCC3C2)cc1. The second kappa shape index (κ2) is 5.47. The van der Waals surface area contributed by atoms with E-state index in [1.807, 2.05) is 12.1 Å². The zero-order valence-electron chi connectivity index (χ0n) is 11.9. The number of hydrogen-bond donors (Lipinski definition) is 1. The van der Waals surface area contributed by atoms with Crippen molar-refractivity contribution in [3.05, 3.63) is 29.8 Å². The number of fused-ring (bicyclic) bond motifs is 1. The highest BCUT2D eigenvalue weighted by molar-refractivity contribution is 7.89. The molecule has 3 rings (SSSR count). The summed E-state index contributed by atoms with van der Waals surface area (Å²) in [5.74, 6) is 0.480. The molecule has 110 valence electrons. The molecule has 1 N–H and O–H groups in total. The Kier molecular flexibility index (Phi) is 3.84. The molecule has 1 aromatic rings. The molecule has 0 aromatic heterocycles. The van der Waals surface area contributed by atoms with Gasteiger partial charge in [-0.05, 0) is 49.4 Å². The molecular formula is C15H22N2O2S. The molecule has 0 aliphatic carbocycles. The maximum Gasteiger partial charge on any atom is 0.243 e. The largest absolute Gasteiger partial charge is 0.314 e. The Balaban J connectivity index is 1.80. The molecule has 0 bridgehead atoms. The van der Waals surface area contributed by atoms with Crippen LogP contribution in [-0.4, -0.2) is 38.4 Å². The van der Waals surface area contributed by atoms with Gasteiger partial charge in [0.05, 0.1) is 4.90 Å². The predicted molar refractivity (Wildman–Crippen MR) is 79.1 cm³/mol. The number of benzene rings is 1. The van der Waals surface area contributed by atoms with Crippen molar-refractivity contribution >= 4 is 10.0 Å². The van der Waals surface area contributed by atoms with Crippen LogP contribution in [0.1, 0.15) is 25.3 Å². The molecule has 4 nitrogen and oxygen atoms in total. The highest BCUT2D eigenvalue weighted by atomic mass is 32.2. The number of rotatable bonds is 3. The first kappa shape index (κ1) is 14.0.